The molecule has 0 radical (unpaired) electrons. The van der Waals surface area contributed by atoms with Crippen LogP contribution in [0.1, 0.15) is 35.9 Å². The van der Waals surface area contributed by atoms with Crippen molar-refractivity contribution in [3.8, 4) is 0 Å². The van der Waals surface area contributed by atoms with Gasteiger partial charge in [0.25, 0.3) is 0 Å². The van der Waals surface area contributed by atoms with Gasteiger partial charge in [-0.25, -0.2) is 4.98 Å². The minimum absolute atomic E-state index is 0.165. The Morgan fingerprint density at radius 2 is 1.92 bits per heavy atom. The van der Waals surface area contributed by atoms with E-state index in [-0.39, 0.29) is 17.9 Å². The standard InChI is InChI=1S/C19H29N3OS/c1-14-17(24-18(21-14)22(4)5)12-20-11-16(19(2,3)13-23)15-9-7-6-8-10-15/h6-10,16,20,23H,11-13H2,1-5H3. The number of aliphatic hydroxyl groups excluding tert-OH is 1. The summed E-state index contributed by atoms with van der Waals surface area (Å²) in [6.07, 6.45) is 0. The Balaban J connectivity index is 2.06. The van der Waals surface area contributed by atoms with Crippen LogP contribution in [0.2, 0.25) is 0 Å². The number of hydrogen-bond acceptors (Lipinski definition) is 5. The Hall–Kier alpha value is -1.43. The minimum atomic E-state index is -0.175. The molecule has 5 heteroatoms. The molecule has 0 aliphatic heterocycles. The van der Waals surface area contributed by atoms with E-state index in [0.29, 0.717) is 0 Å². The van der Waals surface area contributed by atoms with Crippen molar-refractivity contribution in [2.75, 3.05) is 32.1 Å². The fourth-order valence-electron chi connectivity index (χ4n) is 2.74. The summed E-state index contributed by atoms with van der Waals surface area (Å²) in [4.78, 5) is 7.91. The first-order chi connectivity index (χ1) is 11.3. The van der Waals surface area contributed by atoms with Crippen molar-refractivity contribution in [3.05, 3.63) is 46.5 Å². The maximum Gasteiger partial charge on any atom is 0.185 e. The van der Waals surface area contributed by atoms with Crippen LogP contribution in [0.25, 0.3) is 0 Å². The van der Waals surface area contributed by atoms with Crippen molar-refractivity contribution in [2.24, 2.45) is 5.41 Å². The van der Waals surface area contributed by atoms with Crippen molar-refractivity contribution in [1.29, 1.82) is 0 Å². The Morgan fingerprint density at radius 3 is 2.46 bits per heavy atom. The molecular weight excluding hydrogens is 318 g/mol. The summed E-state index contributed by atoms with van der Waals surface area (Å²) in [6, 6.07) is 10.4. The molecule has 0 amide bonds. The smallest absolute Gasteiger partial charge is 0.185 e. The second-order valence-electron chi connectivity index (χ2n) is 7.14. The van der Waals surface area contributed by atoms with E-state index in [4.69, 9.17) is 0 Å². The fourth-order valence-corrected chi connectivity index (χ4v) is 3.69. The molecule has 0 aliphatic rings. The third-order valence-corrected chi connectivity index (χ3v) is 5.78. The molecule has 0 saturated carbocycles. The third kappa shape index (κ3) is 4.56. The van der Waals surface area contributed by atoms with Crippen LogP contribution in [0.5, 0.6) is 0 Å². The van der Waals surface area contributed by atoms with E-state index in [2.05, 4.69) is 55.3 Å². The summed E-state index contributed by atoms with van der Waals surface area (Å²) in [5.74, 6) is 0.255. The molecule has 1 atom stereocenters. The minimum Gasteiger partial charge on any atom is -0.396 e. The first-order valence-corrected chi connectivity index (χ1v) is 9.17. The highest BCUT2D eigenvalue weighted by atomic mass is 32.1. The molecule has 2 rings (SSSR count). The van der Waals surface area contributed by atoms with E-state index in [1.807, 2.05) is 25.1 Å². The number of benzene rings is 1. The van der Waals surface area contributed by atoms with E-state index >= 15 is 0 Å². The van der Waals surface area contributed by atoms with Gasteiger partial charge in [-0.05, 0) is 17.9 Å². The third-order valence-electron chi connectivity index (χ3n) is 4.45. The summed E-state index contributed by atoms with van der Waals surface area (Å²) >= 11 is 1.73. The highest BCUT2D eigenvalue weighted by Crippen LogP contribution is 2.34. The predicted molar refractivity (Wildman–Crippen MR) is 103 cm³/mol. The summed E-state index contributed by atoms with van der Waals surface area (Å²) < 4.78 is 0. The normalized spacial score (nSPS) is 13.1. The molecular formula is C19H29N3OS. The Labute approximate surface area is 149 Å². The Kier molecular flexibility index (Phi) is 6.38. The number of nitrogens with zero attached hydrogens (tertiary/aromatic N) is 2. The van der Waals surface area contributed by atoms with Crippen LogP contribution in [-0.2, 0) is 6.54 Å². The van der Waals surface area contributed by atoms with Gasteiger partial charge in [-0.15, -0.1) is 11.3 Å². The van der Waals surface area contributed by atoms with Gasteiger partial charge in [0.2, 0.25) is 0 Å². The molecule has 1 heterocycles. The molecule has 1 aromatic carbocycles. The van der Waals surface area contributed by atoms with Crippen molar-refractivity contribution in [3.63, 3.8) is 0 Å². The Morgan fingerprint density at radius 1 is 1.25 bits per heavy atom. The second-order valence-corrected chi connectivity index (χ2v) is 8.20. The zero-order valence-corrected chi connectivity index (χ0v) is 16.2. The van der Waals surface area contributed by atoms with E-state index in [9.17, 15) is 5.11 Å². The van der Waals surface area contributed by atoms with Crippen molar-refractivity contribution >= 4 is 16.5 Å². The lowest BCUT2D eigenvalue weighted by molar-refractivity contribution is 0.129. The van der Waals surface area contributed by atoms with Crippen LogP contribution in [0.4, 0.5) is 5.13 Å². The average Bonchev–Trinajstić information content (AvgIpc) is 2.93. The van der Waals surface area contributed by atoms with Crippen LogP contribution in [0, 0.1) is 12.3 Å². The average molecular weight is 348 g/mol. The highest BCUT2D eigenvalue weighted by molar-refractivity contribution is 7.15. The molecule has 0 bridgehead atoms. The Bertz CT molecular complexity index is 637. The lowest BCUT2D eigenvalue weighted by Crippen LogP contribution is -2.34. The van der Waals surface area contributed by atoms with E-state index in [1.54, 1.807) is 11.3 Å². The summed E-state index contributed by atoms with van der Waals surface area (Å²) in [5, 5.41) is 14.4. The van der Waals surface area contributed by atoms with E-state index in [0.717, 1.165) is 23.9 Å². The van der Waals surface area contributed by atoms with Gasteiger partial charge in [-0.3, -0.25) is 0 Å². The molecule has 0 saturated heterocycles. The summed E-state index contributed by atoms with van der Waals surface area (Å²) in [5.41, 5.74) is 2.18. The van der Waals surface area contributed by atoms with Crippen LogP contribution in [-0.4, -0.2) is 37.3 Å². The highest BCUT2D eigenvalue weighted by Gasteiger charge is 2.29. The predicted octanol–water partition coefficient (Wildman–Crippen LogP) is 3.41. The number of aromatic nitrogens is 1. The molecule has 2 N–H and O–H groups in total. The van der Waals surface area contributed by atoms with Gasteiger partial charge >= 0.3 is 0 Å². The maximum atomic E-state index is 9.81. The number of rotatable bonds is 8. The number of nitrogens with one attached hydrogen (secondary N) is 1. The van der Waals surface area contributed by atoms with E-state index in [1.165, 1.54) is 10.4 Å². The van der Waals surface area contributed by atoms with Crippen LogP contribution < -0.4 is 10.2 Å². The second kappa shape index (κ2) is 8.10. The van der Waals surface area contributed by atoms with Gasteiger partial charge in [-0.1, -0.05) is 44.2 Å². The van der Waals surface area contributed by atoms with Gasteiger partial charge in [0.05, 0.1) is 5.69 Å². The van der Waals surface area contributed by atoms with Gasteiger partial charge in [0.1, 0.15) is 0 Å². The zero-order valence-electron chi connectivity index (χ0n) is 15.3. The largest absolute Gasteiger partial charge is 0.396 e. The van der Waals surface area contributed by atoms with Crippen LogP contribution in [0.15, 0.2) is 30.3 Å². The van der Waals surface area contributed by atoms with Crippen LogP contribution in [0.3, 0.4) is 0 Å². The first kappa shape index (κ1) is 18.9. The van der Waals surface area contributed by atoms with Gasteiger partial charge < -0.3 is 15.3 Å². The van der Waals surface area contributed by atoms with Crippen molar-refractivity contribution < 1.29 is 5.11 Å². The molecule has 0 aliphatic carbocycles. The quantitative estimate of drug-likeness (QED) is 0.768. The number of aryl methyl sites for hydroxylation is 1. The first-order valence-electron chi connectivity index (χ1n) is 8.35. The maximum absolute atomic E-state index is 9.81. The fraction of sp³-hybridized carbons (Fsp3) is 0.526. The van der Waals surface area contributed by atoms with E-state index < -0.39 is 0 Å². The van der Waals surface area contributed by atoms with Gasteiger partial charge in [0.15, 0.2) is 5.13 Å². The lowest BCUT2D eigenvalue weighted by Gasteiger charge is -2.33. The number of aliphatic hydroxyl groups is 1. The topological polar surface area (TPSA) is 48.4 Å². The lowest BCUT2D eigenvalue weighted by atomic mass is 9.75. The van der Waals surface area contributed by atoms with Crippen LogP contribution >= 0.6 is 11.3 Å². The summed E-state index contributed by atoms with van der Waals surface area (Å²) in [7, 11) is 4.04. The molecule has 1 unspecified atom stereocenters. The monoisotopic (exact) mass is 347 g/mol. The van der Waals surface area contributed by atoms with Gasteiger partial charge in [0, 0.05) is 44.6 Å². The molecule has 132 valence electrons. The van der Waals surface area contributed by atoms with Crippen molar-refractivity contribution in [1.82, 2.24) is 10.3 Å². The molecule has 4 nitrogen and oxygen atoms in total. The number of anilines is 1. The zero-order chi connectivity index (χ0) is 17.7. The molecule has 0 spiro atoms. The summed E-state index contributed by atoms with van der Waals surface area (Å²) in [6.45, 7) is 8.10. The molecule has 24 heavy (non-hydrogen) atoms. The molecule has 2 aromatic rings. The molecule has 0 fully saturated rings. The van der Waals surface area contributed by atoms with Gasteiger partial charge in [-0.2, -0.15) is 0 Å². The number of hydrogen-bond donors (Lipinski definition) is 2. The number of thiazole rings is 1. The van der Waals surface area contributed by atoms with Crippen molar-refractivity contribution in [2.45, 2.75) is 33.2 Å². The SMILES string of the molecule is Cc1nc(N(C)C)sc1CNCC(c1ccccc1)C(C)(C)CO. The molecule has 1 aromatic heterocycles.